The van der Waals surface area contributed by atoms with E-state index in [2.05, 4.69) is 9.71 Å². The Morgan fingerprint density at radius 2 is 1.55 bits per heavy atom. The number of aliphatic imine (C=N–C) groups is 1. The molecule has 102 valence electrons. The molecule has 1 unspecified atom stereocenters. The van der Waals surface area contributed by atoms with Crippen LogP contribution in [0.2, 0.25) is 0 Å². The fourth-order valence-corrected chi connectivity index (χ4v) is 3.42. The van der Waals surface area contributed by atoms with Gasteiger partial charge in [-0.25, -0.2) is 8.42 Å². The van der Waals surface area contributed by atoms with Crippen molar-refractivity contribution in [1.82, 2.24) is 4.72 Å². The number of nitrogens with zero attached hydrogens (tertiary/aromatic N) is 1. The smallest absolute Gasteiger partial charge is 0.236 e. The highest BCUT2D eigenvalue weighted by Crippen LogP contribution is 2.23. The van der Waals surface area contributed by atoms with E-state index in [1.165, 1.54) is 0 Å². The van der Waals surface area contributed by atoms with Gasteiger partial charge in [-0.1, -0.05) is 60.7 Å². The van der Waals surface area contributed by atoms with Gasteiger partial charge in [0.15, 0.2) is 0 Å². The number of hydrogen-bond donors (Lipinski definition) is 1. The van der Waals surface area contributed by atoms with E-state index in [-0.39, 0.29) is 11.8 Å². The first-order valence-electron chi connectivity index (χ1n) is 6.33. The van der Waals surface area contributed by atoms with Crippen molar-refractivity contribution >= 4 is 15.9 Å². The molecule has 2 aromatic rings. The maximum absolute atomic E-state index is 12.0. The van der Waals surface area contributed by atoms with E-state index in [4.69, 9.17) is 0 Å². The molecule has 2 aromatic carbocycles. The predicted molar refractivity (Wildman–Crippen MR) is 79.1 cm³/mol. The van der Waals surface area contributed by atoms with Crippen LogP contribution in [0.4, 0.5) is 0 Å². The molecule has 0 aromatic heterocycles. The molecule has 0 bridgehead atoms. The van der Waals surface area contributed by atoms with Crippen molar-refractivity contribution in [3.63, 3.8) is 0 Å². The summed E-state index contributed by atoms with van der Waals surface area (Å²) in [6.45, 7) is 0. The highest BCUT2D eigenvalue weighted by Gasteiger charge is 2.27. The van der Waals surface area contributed by atoms with Crippen LogP contribution in [-0.4, -0.2) is 20.0 Å². The molecule has 0 saturated heterocycles. The van der Waals surface area contributed by atoms with Crippen LogP contribution in [-0.2, 0) is 10.0 Å². The van der Waals surface area contributed by atoms with Crippen molar-refractivity contribution in [2.45, 2.75) is 6.04 Å². The van der Waals surface area contributed by atoms with E-state index in [1.807, 2.05) is 60.7 Å². The number of amidine groups is 1. The lowest BCUT2D eigenvalue weighted by Crippen LogP contribution is -2.39. The van der Waals surface area contributed by atoms with Gasteiger partial charge in [0.25, 0.3) is 0 Å². The van der Waals surface area contributed by atoms with Gasteiger partial charge < -0.3 is 0 Å². The molecule has 0 spiro atoms. The van der Waals surface area contributed by atoms with E-state index in [1.54, 1.807) is 0 Å². The van der Waals surface area contributed by atoms with Gasteiger partial charge in [0, 0.05) is 5.56 Å². The molecule has 20 heavy (non-hydrogen) atoms. The van der Waals surface area contributed by atoms with E-state index < -0.39 is 10.0 Å². The Hall–Kier alpha value is -2.14. The minimum atomic E-state index is -3.36. The van der Waals surface area contributed by atoms with E-state index in [0.717, 1.165) is 11.1 Å². The first-order chi connectivity index (χ1) is 9.64. The monoisotopic (exact) mass is 286 g/mol. The third kappa shape index (κ3) is 2.72. The standard InChI is InChI=1S/C15H14N2O2S/c18-20(19)11-14(12-7-3-1-4-8-12)16-15(17-20)13-9-5-2-6-10-13/h1-10,14H,11H2,(H,16,17). The Morgan fingerprint density at radius 1 is 0.950 bits per heavy atom. The Balaban J connectivity index is 2.04. The zero-order valence-corrected chi connectivity index (χ0v) is 11.5. The van der Waals surface area contributed by atoms with Crippen LogP contribution in [0, 0.1) is 0 Å². The Morgan fingerprint density at radius 3 is 2.20 bits per heavy atom. The van der Waals surface area contributed by atoms with Gasteiger partial charge in [-0.05, 0) is 5.56 Å². The molecule has 0 fully saturated rings. The zero-order valence-electron chi connectivity index (χ0n) is 10.7. The molecular weight excluding hydrogens is 272 g/mol. The van der Waals surface area contributed by atoms with Gasteiger partial charge in [0.2, 0.25) is 10.0 Å². The molecule has 3 rings (SSSR count). The lowest BCUT2D eigenvalue weighted by atomic mass is 10.1. The quantitative estimate of drug-likeness (QED) is 0.919. The summed E-state index contributed by atoms with van der Waals surface area (Å²) in [4.78, 5) is 4.54. The summed E-state index contributed by atoms with van der Waals surface area (Å²) in [5, 5.41) is 0. The SMILES string of the molecule is O=S1(=O)CC(c2ccccc2)N=C(c2ccccc2)N1. The molecule has 0 amide bonds. The van der Waals surface area contributed by atoms with E-state index >= 15 is 0 Å². The van der Waals surface area contributed by atoms with Crippen molar-refractivity contribution in [2.24, 2.45) is 4.99 Å². The first kappa shape index (κ1) is 12.9. The van der Waals surface area contributed by atoms with Crippen molar-refractivity contribution in [3.8, 4) is 0 Å². The fraction of sp³-hybridized carbons (Fsp3) is 0.133. The zero-order chi connectivity index (χ0) is 14.0. The third-order valence-electron chi connectivity index (χ3n) is 3.15. The van der Waals surface area contributed by atoms with E-state index in [9.17, 15) is 8.42 Å². The Bertz CT molecular complexity index is 725. The van der Waals surface area contributed by atoms with Crippen molar-refractivity contribution in [3.05, 3.63) is 71.8 Å². The number of hydrogen-bond acceptors (Lipinski definition) is 3. The summed E-state index contributed by atoms with van der Waals surface area (Å²) in [5.74, 6) is 0.388. The summed E-state index contributed by atoms with van der Waals surface area (Å²) >= 11 is 0. The maximum Gasteiger partial charge on any atom is 0.236 e. The summed E-state index contributed by atoms with van der Waals surface area (Å²) in [6, 6.07) is 18.4. The predicted octanol–water partition coefficient (Wildman–Crippen LogP) is 2.11. The van der Waals surface area contributed by atoms with Gasteiger partial charge in [-0.15, -0.1) is 0 Å². The minimum absolute atomic E-state index is 0.0205. The minimum Gasteiger partial charge on any atom is -0.267 e. The van der Waals surface area contributed by atoms with Crippen LogP contribution in [0.25, 0.3) is 0 Å². The molecule has 1 N–H and O–H groups in total. The molecule has 1 heterocycles. The Kier molecular flexibility index (Phi) is 3.28. The second-order valence-corrected chi connectivity index (χ2v) is 6.42. The number of sulfonamides is 1. The van der Waals surface area contributed by atoms with Crippen molar-refractivity contribution in [2.75, 3.05) is 5.75 Å². The molecule has 0 saturated carbocycles. The van der Waals surface area contributed by atoms with Crippen molar-refractivity contribution in [1.29, 1.82) is 0 Å². The molecule has 0 aliphatic carbocycles. The lowest BCUT2D eigenvalue weighted by Gasteiger charge is -2.22. The molecule has 1 aliphatic heterocycles. The topological polar surface area (TPSA) is 58.5 Å². The Labute approximate surface area is 118 Å². The van der Waals surface area contributed by atoms with Crippen LogP contribution >= 0.6 is 0 Å². The van der Waals surface area contributed by atoms with Gasteiger partial charge in [-0.3, -0.25) is 9.71 Å². The summed E-state index contributed by atoms with van der Waals surface area (Å²) in [6.07, 6.45) is 0. The second-order valence-electron chi connectivity index (χ2n) is 4.65. The van der Waals surface area contributed by atoms with Gasteiger partial charge >= 0.3 is 0 Å². The number of benzene rings is 2. The highest BCUT2D eigenvalue weighted by atomic mass is 32.2. The molecule has 5 heteroatoms. The van der Waals surface area contributed by atoms with Crippen LogP contribution in [0.5, 0.6) is 0 Å². The molecule has 4 nitrogen and oxygen atoms in total. The summed E-state index contributed by atoms with van der Waals surface area (Å²) in [5.41, 5.74) is 1.68. The number of rotatable bonds is 2. The molecule has 0 radical (unpaired) electrons. The molecule has 1 atom stereocenters. The van der Waals surface area contributed by atoms with Gasteiger partial charge in [-0.2, -0.15) is 0 Å². The summed E-state index contributed by atoms with van der Waals surface area (Å²) in [7, 11) is -3.36. The van der Waals surface area contributed by atoms with E-state index in [0.29, 0.717) is 5.84 Å². The first-order valence-corrected chi connectivity index (χ1v) is 7.98. The van der Waals surface area contributed by atoms with Crippen molar-refractivity contribution < 1.29 is 8.42 Å². The molecular formula is C15H14N2O2S. The second kappa shape index (κ2) is 5.09. The van der Waals surface area contributed by atoms with Gasteiger partial charge in [0.1, 0.15) is 5.84 Å². The highest BCUT2D eigenvalue weighted by molar-refractivity contribution is 7.90. The fourth-order valence-electron chi connectivity index (χ4n) is 2.19. The third-order valence-corrected chi connectivity index (χ3v) is 4.40. The largest absolute Gasteiger partial charge is 0.267 e. The van der Waals surface area contributed by atoms with Crippen LogP contribution in [0.1, 0.15) is 17.2 Å². The normalized spacial score (nSPS) is 20.8. The average molecular weight is 286 g/mol. The van der Waals surface area contributed by atoms with Gasteiger partial charge in [0.05, 0.1) is 11.8 Å². The molecule has 1 aliphatic rings. The average Bonchev–Trinajstić information content (AvgIpc) is 2.47. The number of nitrogens with one attached hydrogen (secondary N) is 1. The van der Waals surface area contributed by atoms with Crippen LogP contribution in [0.15, 0.2) is 65.7 Å². The van der Waals surface area contributed by atoms with Crippen LogP contribution < -0.4 is 4.72 Å². The maximum atomic E-state index is 12.0. The summed E-state index contributed by atoms with van der Waals surface area (Å²) < 4.78 is 26.6. The van der Waals surface area contributed by atoms with Crippen LogP contribution in [0.3, 0.4) is 0 Å². The lowest BCUT2D eigenvalue weighted by molar-refractivity contribution is 0.580.